The van der Waals surface area contributed by atoms with Crippen LogP contribution in [0.1, 0.15) is 18.7 Å². The van der Waals surface area contributed by atoms with Crippen molar-refractivity contribution in [1.82, 2.24) is 0 Å². The highest BCUT2D eigenvalue weighted by Crippen LogP contribution is 2.03. The molecule has 0 spiro atoms. The Morgan fingerprint density at radius 2 is 2.43 bits per heavy atom. The molecule has 0 radical (unpaired) electrons. The number of nitrogens with two attached hydrogens (primary N) is 1. The van der Waals surface area contributed by atoms with E-state index in [2.05, 4.69) is 12.6 Å². The molecule has 0 fully saturated rings. The largest absolute Gasteiger partial charge is 0.328 e. The fraction of sp³-hybridized carbons (Fsp3) is 0.364. The van der Waals surface area contributed by atoms with Gasteiger partial charge in [0, 0.05) is 21.7 Å². The Labute approximate surface area is 88.3 Å². The molecule has 0 aliphatic heterocycles. The van der Waals surface area contributed by atoms with Crippen molar-refractivity contribution in [3.05, 3.63) is 20.7 Å². The third-order valence-electron chi connectivity index (χ3n) is 1.96. The van der Waals surface area contributed by atoms with Crippen LogP contribution in [0, 0.1) is 5.41 Å². The SMILES string of the molecule is C=c1cc(C[C@H](C)N)s/c1=C(\C)C=N. The van der Waals surface area contributed by atoms with Gasteiger partial charge in [0.25, 0.3) is 0 Å². The van der Waals surface area contributed by atoms with Gasteiger partial charge in [0.15, 0.2) is 0 Å². The first-order chi connectivity index (χ1) is 6.54. The van der Waals surface area contributed by atoms with Crippen LogP contribution in [0.4, 0.5) is 0 Å². The van der Waals surface area contributed by atoms with E-state index in [-0.39, 0.29) is 6.04 Å². The lowest BCUT2D eigenvalue weighted by molar-refractivity contribution is 0.746. The zero-order valence-electron chi connectivity index (χ0n) is 8.63. The van der Waals surface area contributed by atoms with Crippen molar-refractivity contribution in [2.45, 2.75) is 26.3 Å². The van der Waals surface area contributed by atoms with Gasteiger partial charge in [-0.25, -0.2) is 0 Å². The molecule has 1 atom stereocenters. The molecule has 76 valence electrons. The Morgan fingerprint density at radius 1 is 1.79 bits per heavy atom. The van der Waals surface area contributed by atoms with Crippen LogP contribution in [0.2, 0.25) is 0 Å². The van der Waals surface area contributed by atoms with Crippen molar-refractivity contribution in [3.63, 3.8) is 0 Å². The molecule has 0 saturated carbocycles. The van der Waals surface area contributed by atoms with Gasteiger partial charge < -0.3 is 11.1 Å². The summed E-state index contributed by atoms with van der Waals surface area (Å²) in [4.78, 5) is 1.25. The van der Waals surface area contributed by atoms with Gasteiger partial charge in [-0.3, -0.25) is 0 Å². The summed E-state index contributed by atoms with van der Waals surface area (Å²) in [6.07, 6.45) is 2.26. The molecule has 0 unspecified atom stereocenters. The van der Waals surface area contributed by atoms with E-state index in [4.69, 9.17) is 11.1 Å². The second-order valence-corrected chi connectivity index (χ2v) is 4.71. The van der Waals surface area contributed by atoms with Crippen molar-refractivity contribution >= 4 is 29.7 Å². The minimum absolute atomic E-state index is 0.182. The van der Waals surface area contributed by atoms with E-state index in [1.807, 2.05) is 13.8 Å². The lowest BCUT2D eigenvalue weighted by Crippen LogP contribution is -2.18. The number of rotatable bonds is 3. The molecule has 1 heterocycles. The van der Waals surface area contributed by atoms with E-state index < -0.39 is 0 Å². The highest BCUT2D eigenvalue weighted by molar-refractivity contribution is 7.10. The summed E-state index contributed by atoms with van der Waals surface area (Å²) in [7, 11) is 0. The molecule has 1 rings (SSSR count). The maximum atomic E-state index is 7.19. The van der Waals surface area contributed by atoms with Crippen molar-refractivity contribution < 1.29 is 0 Å². The molecule has 1 aromatic heterocycles. The summed E-state index contributed by atoms with van der Waals surface area (Å²) in [5.74, 6) is 0. The van der Waals surface area contributed by atoms with Crippen LogP contribution < -0.4 is 15.5 Å². The Bertz CT molecular complexity index is 429. The third-order valence-corrected chi connectivity index (χ3v) is 3.29. The second-order valence-electron chi connectivity index (χ2n) is 3.58. The van der Waals surface area contributed by atoms with Gasteiger partial charge >= 0.3 is 0 Å². The highest BCUT2D eigenvalue weighted by Gasteiger charge is 2.01. The zero-order chi connectivity index (χ0) is 10.7. The molecule has 0 aliphatic carbocycles. The van der Waals surface area contributed by atoms with Gasteiger partial charge in [-0.1, -0.05) is 6.58 Å². The van der Waals surface area contributed by atoms with E-state index in [9.17, 15) is 0 Å². The van der Waals surface area contributed by atoms with Crippen LogP contribution in [0.15, 0.2) is 6.07 Å². The molecule has 0 aliphatic rings. The molecular formula is C11H16N2S. The molecule has 0 bridgehead atoms. The monoisotopic (exact) mass is 208 g/mol. The normalized spacial score (nSPS) is 15.1. The van der Waals surface area contributed by atoms with Gasteiger partial charge in [0.2, 0.25) is 0 Å². The minimum Gasteiger partial charge on any atom is -0.328 e. The van der Waals surface area contributed by atoms with E-state index in [1.165, 1.54) is 11.1 Å². The second kappa shape index (κ2) is 4.53. The van der Waals surface area contributed by atoms with Crippen molar-refractivity contribution in [2.24, 2.45) is 5.73 Å². The van der Waals surface area contributed by atoms with Gasteiger partial charge in [-0.15, -0.1) is 11.3 Å². The summed E-state index contributed by atoms with van der Waals surface area (Å²) in [5, 5.41) is 8.19. The average molecular weight is 208 g/mol. The number of hydrogen-bond donors (Lipinski definition) is 2. The van der Waals surface area contributed by atoms with Crippen LogP contribution in [-0.2, 0) is 6.42 Å². The number of thiophene rings is 1. The van der Waals surface area contributed by atoms with Gasteiger partial charge in [-0.2, -0.15) is 0 Å². The van der Waals surface area contributed by atoms with Gasteiger partial charge in [-0.05, 0) is 37.1 Å². The van der Waals surface area contributed by atoms with Crippen LogP contribution in [-0.4, -0.2) is 12.3 Å². The first-order valence-corrected chi connectivity index (χ1v) is 5.41. The van der Waals surface area contributed by atoms with E-state index in [0.717, 1.165) is 21.7 Å². The summed E-state index contributed by atoms with van der Waals surface area (Å²) in [6.45, 7) is 7.89. The van der Waals surface area contributed by atoms with Crippen molar-refractivity contribution in [1.29, 1.82) is 5.41 Å². The molecule has 14 heavy (non-hydrogen) atoms. The molecule has 0 saturated heterocycles. The minimum atomic E-state index is 0.182. The van der Waals surface area contributed by atoms with Crippen molar-refractivity contribution in [2.75, 3.05) is 0 Å². The molecule has 0 amide bonds. The Balaban J connectivity index is 3.18. The molecule has 1 aromatic rings. The predicted molar refractivity (Wildman–Crippen MR) is 64.3 cm³/mol. The maximum absolute atomic E-state index is 7.19. The maximum Gasteiger partial charge on any atom is 0.0383 e. The first-order valence-electron chi connectivity index (χ1n) is 4.59. The summed E-state index contributed by atoms with van der Waals surface area (Å²) in [5.41, 5.74) is 6.70. The summed E-state index contributed by atoms with van der Waals surface area (Å²) in [6, 6.07) is 2.25. The Morgan fingerprint density at radius 3 is 2.93 bits per heavy atom. The van der Waals surface area contributed by atoms with E-state index in [1.54, 1.807) is 11.3 Å². The Hall–Kier alpha value is -0.930. The summed E-state index contributed by atoms with van der Waals surface area (Å²) < 4.78 is 1.11. The van der Waals surface area contributed by atoms with Crippen LogP contribution in [0.5, 0.6) is 0 Å². The summed E-state index contributed by atoms with van der Waals surface area (Å²) >= 11 is 1.69. The first kappa shape index (κ1) is 11.1. The Kier molecular flexibility index (Phi) is 3.61. The number of nitrogens with one attached hydrogen (secondary N) is 1. The third kappa shape index (κ3) is 2.53. The smallest absolute Gasteiger partial charge is 0.0383 e. The van der Waals surface area contributed by atoms with E-state index in [0.29, 0.717) is 0 Å². The van der Waals surface area contributed by atoms with Crippen LogP contribution in [0.25, 0.3) is 12.2 Å². The fourth-order valence-electron chi connectivity index (χ4n) is 1.30. The highest BCUT2D eigenvalue weighted by atomic mass is 32.1. The van der Waals surface area contributed by atoms with Crippen LogP contribution in [0.3, 0.4) is 0 Å². The zero-order valence-corrected chi connectivity index (χ0v) is 9.45. The lowest BCUT2D eigenvalue weighted by atomic mass is 10.2. The number of hydrogen-bond acceptors (Lipinski definition) is 3. The van der Waals surface area contributed by atoms with Gasteiger partial charge in [0.05, 0.1) is 0 Å². The molecule has 3 heteroatoms. The molecule has 3 N–H and O–H groups in total. The van der Waals surface area contributed by atoms with E-state index >= 15 is 0 Å². The van der Waals surface area contributed by atoms with Crippen LogP contribution >= 0.6 is 11.3 Å². The lowest BCUT2D eigenvalue weighted by Gasteiger charge is -1.99. The predicted octanol–water partition coefficient (Wildman–Crippen LogP) is 0.868. The average Bonchev–Trinajstić information content (AvgIpc) is 2.44. The quantitative estimate of drug-likeness (QED) is 0.711. The fourth-order valence-corrected chi connectivity index (χ4v) is 2.52. The molecular weight excluding hydrogens is 192 g/mol. The van der Waals surface area contributed by atoms with Gasteiger partial charge in [0.1, 0.15) is 0 Å². The standard InChI is InChI=1S/C11H16N2S/c1-7-4-10(5-9(3)13)14-11(7)8(2)6-12/h4,6,9,12H,1,5,13H2,2-3H3/b11-8+,12-6?/t9-/m0/s1. The topological polar surface area (TPSA) is 49.9 Å². The molecule has 2 nitrogen and oxygen atoms in total. The van der Waals surface area contributed by atoms with Crippen molar-refractivity contribution in [3.8, 4) is 0 Å². The molecule has 0 aromatic carbocycles.